The maximum atomic E-state index is 13.1. The number of nitrogens with zero attached hydrogens (tertiary/aromatic N) is 6. The van der Waals surface area contributed by atoms with Gasteiger partial charge >= 0.3 is 6.18 Å². The predicted molar refractivity (Wildman–Crippen MR) is 116 cm³/mol. The topological polar surface area (TPSA) is 50.1 Å². The van der Waals surface area contributed by atoms with Gasteiger partial charge in [-0.15, -0.1) is 5.10 Å². The summed E-state index contributed by atoms with van der Waals surface area (Å²) in [7, 11) is 0. The highest BCUT2D eigenvalue weighted by molar-refractivity contribution is 5.49. The quantitative estimate of drug-likeness (QED) is 0.569. The zero-order valence-electron chi connectivity index (χ0n) is 18.2. The molecule has 0 amide bonds. The van der Waals surface area contributed by atoms with Crippen LogP contribution in [0.2, 0.25) is 0 Å². The number of hydrogen-bond donors (Lipinski definition) is 0. The van der Waals surface area contributed by atoms with Gasteiger partial charge in [0.25, 0.3) is 0 Å². The first kappa shape index (κ1) is 22.3. The monoisotopic (exact) mass is 444 g/mol. The second-order valence-corrected chi connectivity index (χ2v) is 8.44. The van der Waals surface area contributed by atoms with Crippen LogP contribution in [0.1, 0.15) is 36.8 Å². The van der Waals surface area contributed by atoms with Gasteiger partial charge in [0.2, 0.25) is 0 Å². The number of aromatic nitrogens is 4. The average molecular weight is 445 g/mol. The van der Waals surface area contributed by atoms with Gasteiger partial charge in [-0.2, -0.15) is 13.2 Å². The van der Waals surface area contributed by atoms with E-state index in [1.54, 1.807) is 6.07 Å². The first-order valence-electron chi connectivity index (χ1n) is 10.8. The molecule has 1 fully saturated rings. The second-order valence-electron chi connectivity index (χ2n) is 8.44. The van der Waals surface area contributed by atoms with Crippen LogP contribution in [0.25, 0.3) is 0 Å². The highest BCUT2D eigenvalue weighted by Gasteiger charge is 2.33. The lowest BCUT2D eigenvalue weighted by molar-refractivity contribution is -0.137. The normalized spacial score (nSPS) is 16.5. The molecule has 1 saturated heterocycles. The van der Waals surface area contributed by atoms with Crippen LogP contribution in [-0.4, -0.2) is 51.3 Å². The fourth-order valence-corrected chi connectivity index (χ4v) is 4.31. The van der Waals surface area contributed by atoms with Gasteiger partial charge in [0.1, 0.15) is 0 Å². The van der Waals surface area contributed by atoms with E-state index in [1.807, 2.05) is 39.9 Å². The molecule has 0 N–H and O–H groups in total. The Hall–Kier alpha value is -2.94. The maximum absolute atomic E-state index is 13.1. The molecule has 0 bridgehead atoms. The molecule has 2 aromatic carbocycles. The molecule has 0 aliphatic carbocycles. The number of hydrogen-bond acceptors (Lipinski definition) is 5. The highest BCUT2D eigenvalue weighted by Crippen LogP contribution is 2.33. The minimum absolute atomic E-state index is 0.0253. The Kier molecular flexibility index (Phi) is 6.45. The summed E-state index contributed by atoms with van der Waals surface area (Å²) in [5.74, 6) is 1.09. The summed E-state index contributed by atoms with van der Waals surface area (Å²) in [6.45, 7) is 7.61. The van der Waals surface area contributed by atoms with Crippen molar-refractivity contribution in [3.63, 3.8) is 0 Å². The molecule has 1 aliphatic heterocycles. The molecule has 170 valence electrons. The number of piperazine rings is 1. The third kappa shape index (κ3) is 4.93. The second kappa shape index (κ2) is 9.28. The van der Waals surface area contributed by atoms with E-state index in [9.17, 15) is 13.2 Å². The summed E-state index contributed by atoms with van der Waals surface area (Å²) in [4.78, 5) is 4.35. The molecule has 6 nitrogen and oxygen atoms in total. The Morgan fingerprint density at radius 1 is 0.938 bits per heavy atom. The van der Waals surface area contributed by atoms with E-state index in [1.165, 1.54) is 12.1 Å². The van der Waals surface area contributed by atoms with Crippen molar-refractivity contribution in [2.45, 2.75) is 32.6 Å². The number of halogens is 3. The summed E-state index contributed by atoms with van der Waals surface area (Å²) in [5.41, 5.74) is 1.12. The van der Waals surface area contributed by atoms with Crippen molar-refractivity contribution in [2.24, 2.45) is 5.92 Å². The zero-order chi connectivity index (χ0) is 22.7. The lowest BCUT2D eigenvalue weighted by atomic mass is 10.0. The molecular formula is C23H27F3N6. The van der Waals surface area contributed by atoms with Crippen molar-refractivity contribution in [1.82, 2.24) is 25.1 Å². The third-order valence-corrected chi connectivity index (χ3v) is 5.88. The summed E-state index contributed by atoms with van der Waals surface area (Å²) >= 11 is 0. The number of alkyl halides is 3. The van der Waals surface area contributed by atoms with Gasteiger partial charge in [-0.25, -0.2) is 4.68 Å². The van der Waals surface area contributed by atoms with Crippen molar-refractivity contribution in [3.05, 3.63) is 71.5 Å². The molecule has 4 rings (SSSR count). The lowest BCUT2D eigenvalue weighted by Gasteiger charge is -2.41. The van der Waals surface area contributed by atoms with Crippen LogP contribution >= 0.6 is 0 Å². The van der Waals surface area contributed by atoms with E-state index < -0.39 is 11.7 Å². The first-order valence-corrected chi connectivity index (χ1v) is 10.8. The summed E-state index contributed by atoms with van der Waals surface area (Å²) in [6, 6.07) is 15.6. The molecule has 1 aromatic heterocycles. The Balaban J connectivity index is 1.48. The number of anilines is 1. The van der Waals surface area contributed by atoms with Gasteiger partial charge in [-0.3, -0.25) is 4.90 Å². The molecule has 2 heterocycles. The van der Waals surface area contributed by atoms with Crippen molar-refractivity contribution in [1.29, 1.82) is 0 Å². The summed E-state index contributed by atoms with van der Waals surface area (Å²) in [5, 5.41) is 12.5. The number of benzene rings is 2. The van der Waals surface area contributed by atoms with Crippen LogP contribution in [0.3, 0.4) is 0 Å². The Bertz CT molecular complexity index is 1010. The van der Waals surface area contributed by atoms with E-state index in [0.717, 1.165) is 30.5 Å². The molecule has 0 radical (unpaired) electrons. The van der Waals surface area contributed by atoms with Gasteiger partial charge in [-0.05, 0) is 40.1 Å². The number of rotatable bonds is 6. The minimum atomic E-state index is -4.34. The van der Waals surface area contributed by atoms with E-state index in [4.69, 9.17) is 0 Å². The van der Waals surface area contributed by atoms with Crippen molar-refractivity contribution in [2.75, 3.05) is 31.1 Å². The van der Waals surface area contributed by atoms with E-state index in [-0.39, 0.29) is 12.0 Å². The van der Waals surface area contributed by atoms with Crippen LogP contribution in [-0.2, 0) is 12.7 Å². The number of tetrazole rings is 1. The van der Waals surface area contributed by atoms with E-state index >= 15 is 0 Å². The van der Waals surface area contributed by atoms with Crippen LogP contribution in [0.5, 0.6) is 0 Å². The predicted octanol–water partition coefficient (Wildman–Crippen LogP) is 4.26. The van der Waals surface area contributed by atoms with Crippen molar-refractivity contribution < 1.29 is 13.2 Å². The van der Waals surface area contributed by atoms with Gasteiger partial charge in [0.15, 0.2) is 5.82 Å². The lowest BCUT2D eigenvalue weighted by Crippen LogP contribution is -2.49. The fourth-order valence-electron chi connectivity index (χ4n) is 4.31. The average Bonchev–Trinajstić information content (AvgIpc) is 3.22. The van der Waals surface area contributed by atoms with Crippen molar-refractivity contribution >= 4 is 5.69 Å². The SMILES string of the molecule is CC(C)[C@H](c1nnnn1Cc1ccccc1)N1CCN(c2cccc(C(F)(F)F)c2)CC1. The molecule has 32 heavy (non-hydrogen) atoms. The van der Waals surface area contributed by atoms with Crippen LogP contribution < -0.4 is 4.90 Å². The van der Waals surface area contributed by atoms with Crippen LogP contribution in [0.15, 0.2) is 54.6 Å². The molecular weight excluding hydrogens is 417 g/mol. The molecule has 0 unspecified atom stereocenters. The summed E-state index contributed by atoms with van der Waals surface area (Å²) < 4.78 is 41.1. The Morgan fingerprint density at radius 3 is 2.31 bits per heavy atom. The standard InChI is InChI=1S/C23H27F3N6/c1-17(2)21(22-27-28-29-32(22)16-18-7-4-3-5-8-18)31-13-11-30(12-14-31)20-10-6-9-19(15-20)23(24,25)26/h3-10,15,17,21H,11-14,16H2,1-2H3/t21-/m1/s1. The summed E-state index contributed by atoms with van der Waals surface area (Å²) in [6.07, 6.45) is -4.34. The molecule has 1 atom stereocenters. The van der Waals surface area contributed by atoms with Crippen LogP contribution in [0, 0.1) is 5.92 Å². The fraction of sp³-hybridized carbons (Fsp3) is 0.435. The molecule has 0 spiro atoms. The van der Waals surface area contributed by atoms with Gasteiger partial charge < -0.3 is 4.90 Å². The Labute approximate surface area is 185 Å². The molecule has 0 saturated carbocycles. The first-order chi connectivity index (χ1) is 15.3. The third-order valence-electron chi connectivity index (χ3n) is 5.88. The maximum Gasteiger partial charge on any atom is 0.416 e. The largest absolute Gasteiger partial charge is 0.416 e. The molecule has 3 aromatic rings. The van der Waals surface area contributed by atoms with E-state index in [0.29, 0.717) is 25.3 Å². The van der Waals surface area contributed by atoms with Gasteiger partial charge in [0.05, 0.1) is 18.2 Å². The smallest absolute Gasteiger partial charge is 0.369 e. The Morgan fingerprint density at radius 2 is 1.66 bits per heavy atom. The highest BCUT2D eigenvalue weighted by atomic mass is 19.4. The van der Waals surface area contributed by atoms with Gasteiger partial charge in [0, 0.05) is 31.9 Å². The minimum Gasteiger partial charge on any atom is -0.369 e. The van der Waals surface area contributed by atoms with Crippen LogP contribution in [0.4, 0.5) is 18.9 Å². The zero-order valence-corrected chi connectivity index (χ0v) is 18.2. The molecule has 1 aliphatic rings. The van der Waals surface area contributed by atoms with Gasteiger partial charge in [-0.1, -0.05) is 50.2 Å². The van der Waals surface area contributed by atoms with E-state index in [2.05, 4.69) is 34.3 Å². The van der Waals surface area contributed by atoms with Crippen molar-refractivity contribution in [3.8, 4) is 0 Å². The molecule has 9 heteroatoms.